The van der Waals surface area contributed by atoms with E-state index < -0.39 is 5.23 Å². The topological polar surface area (TPSA) is 99.7 Å². The molecule has 0 bridgehead atoms. The number of fused-ring (bicyclic) bond motifs is 1. The molecule has 0 spiro atoms. The van der Waals surface area contributed by atoms with Crippen LogP contribution in [-0.4, -0.2) is 33.1 Å². The Hall–Kier alpha value is -3.72. The number of pyridine rings is 1. The molecule has 8 nitrogen and oxygen atoms in total. The van der Waals surface area contributed by atoms with E-state index in [9.17, 15) is 10.4 Å². The molecule has 1 atom stereocenters. The summed E-state index contributed by atoms with van der Waals surface area (Å²) in [6.45, 7) is 0.607. The van der Waals surface area contributed by atoms with Gasteiger partial charge in [0.1, 0.15) is 11.6 Å². The van der Waals surface area contributed by atoms with E-state index in [1.807, 2.05) is 59.4 Å². The van der Waals surface area contributed by atoms with Gasteiger partial charge in [0.2, 0.25) is 0 Å². The third kappa shape index (κ3) is 5.41. The number of methoxy groups -OCH3 is 1. The van der Waals surface area contributed by atoms with Gasteiger partial charge in [-0.3, -0.25) is 4.68 Å². The third-order valence-corrected chi connectivity index (χ3v) is 6.70. The highest BCUT2D eigenvalue weighted by Crippen LogP contribution is 2.30. The van der Waals surface area contributed by atoms with Gasteiger partial charge in [0.15, 0.2) is 5.69 Å². The number of nitrogens with zero attached hydrogens (tertiary/aromatic N) is 3. The smallest absolute Gasteiger partial charge is 0.164 e. The van der Waals surface area contributed by atoms with Crippen LogP contribution in [0.25, 0.3) is 23.1 Å². The Morgan fingerprint density at radius 3 is 2.67 bits per heavy atom. The fourth-order valence-corrected chi connectivity index (χ4v) is 4.79. The fourth-order valence-electron chi connectivity index (χ4n) is 4.79. The number of hydrogen-bond acceptors (Lipinski definition) is 6. The predicted molar refractivity (Wildman–Crippen MR) is 141 cm³/mol. The minimum Gasteiger partial charge on any atom is -0.595 e. The van der Waals surface area contributed by atoms with E-state index in [2.05, 4.69) is 5.32 Å². The van der Waals surface area contributed by atoms with Gasteiger partial charge >= 0.3 is 0 Å². The Balaban J connectivity index is 1.53. The van der Waals surface area contributed by atoms with Crippen molar-refractivity contribution in [2.75, 3.05) is 12.4 Å². The molecule has 8 heteroatoms. The van der Waals surface area contributed by atoms with Crippen LogP contribution in [0.1, 0.15) is 48.9 Å². The first-order chi connectivity index (χ1) is 17.6. The molecule has 3 N–H and O–H groups in total. The van der Waals surface area contributed by atoms with Crippen LogP contribution in [0.3, 0.4) is 0 Å². The summed E-state index contributed by atoms with van der Waals surface area (Å²) in [5, 5.41) is 29.4. The van der Waals surface area contributed by atoms with Crippen molar-refractivity contribution >= 4 is 34.6 Å². The number of aromatic nitrogens is 3. The van der Waals surface area contributed by atoms with E-state index in [0.29, 0.717) is 12.6 Å². The summed E-state index contributed by atoms with van der Waals surface area (Å²) < 4.78 is 7.29. The molecule has 1 fully saturated rings. The van der Waals surface area contributed by atoms with Crippen molar-refractivity contribution in [2.24, 2.45) is 0 Å². The Labute approximate surface area is 210 Å². The van der Waals surface area contributed by atoms with Gasteiger partial charge in [-0.15, -0.1) is 0 Å². The minimum atomic E-state index is -0.942. The molecule has 0 saturated heterocycles. The molecule has 4 aromatic rings. The molecule has 1 aliphatic rings. The average Bonchev–Trinajstić information content (AvgIpc) is 3.27. The van der Waals surface area contributed by atoms with Crippen molar-refractivity contribution in [3.8, 4) is 5.75 Å². The summed E-state index contributed by atoms with van der Waals surface area (Å²) in [5.74, 6) is 1.67. The molecule has 2 aromatic carbocycles. The zero-order valence-corrected chi connectivity index (χ0v) is 20.4. The second-order valence-corrected chi connectivity index (χ2v) is 9.19. The van der Waals surface area contributed by atoms with E-state index >= 15 is 0 Å². The molecule has 186 valence electrons. The molecule has 0 radical (unpaired) electrons. The lowest BCUT2D eigenvalue weighted by atomic mass is 9.95. The lowest BCUT2D eigenvalue weighted by Gasteiger charge is -2.23. The van der Waals surface area contributed by atoms with Crippen LogP contribution in [0, 0.1) is 5.21 Å². The highest BCUT2D eigenvalue weighted by Gasteiger charge is 2.19. The maximum Gasteiger partial charge on any atom is 0.164 e. The summed E-state index contributed by atoms with van der Waals surface area (Å²) in [6.07, 6.45) is 11.7. The highest BCUT2D eigenvalue weighted by atomic mass is 16.8. The number of ether oxygens (including phenoxy) is 1. The summed E-state index contributed by atoms with van der Waals surface area (Å²) in [5.41, 5.74) is 3.97. The first kappa shape index (κ1) is 24.0. The van der Waals surface area contributed by atoms with Gasteiger partial charge in [-0.25, -0.2) is 10.2 Å². The average molecular weight is 486 g/mol. The van der Waals surface area contributed by atoms with E-state index in [4.69, 9.17) is 14.8 Å². The SMILES string of the molecule is COc1ccc(Cn2nc(/C=C/c3cccc([NH+]([O-])O)c3)c3c(NC4CCCCC4)nccc32)cc1. The van der Waals surface area contributed by atoms with Crippen LogP contribution in [0.2, 0.25) is 0 Å². The lowest BCUT2D eigenvalue weighted by Crippen LogP contribution is -2.99. The summed E-state index contributed by atoms with van der Waals surface area (Å²) in [4.78, 5) is 4.70. The maximum atomic E-state index is 11.4. The van der Waals surface area contributed by atoms with Crippen molar-refractivity contribution in [1.82, 2.24) is 14.8 Å². The summed E-state index contributed by atoms with van der Waals surface area (Å²) in [7, 11) is 1.66. The fraction of sp³-hybridized carbons (Fsp3) is 0.286. The third-order valence-electron chi connectivity index (χ3n) is 6.70. The molecule has 2 aromatic heterocycles. The first-order valence-electron chi connectivity index (χ1n) is 12.4. The van der Waals surface area contributed by atoms with E-state index in [-0.39, 0.29) is 5.69 Å². The first-order valence-corrected chi connectivity index (χ1v) is 12.4. The summed E-state index contributed by atoms with van der Waals surface area (Å²) >= 11 is 0. The quantitative estimate of drug-likeness (QED) is 0.310. The maximum absolute atomic E-state index is 11.4. The van der Waals surface area contributed by atoms with Crippen molar-refractivity contribution in [2.45, 2.75) is 44.7 Å². The Morgan fingerprint density at radius 1 is 1.11 bits per heavy atom. The molecule has 2 heterocycles. The van der Waals surface area contributed by atoms with Gasteiger partial charge in [-0.1, -0.05) is 49.6 Å². The summed E-state index contributed by atoms with van der Waals surface area (Å²) in [6, 6.07) is 17.3. The largest absolute Gasteiger partial charge is 0.595 e. The van der Waals surface area contributed by atoms with Crippen molar-refractivity contribution in [3.63, 3.8) is 0 Å². The van der Waals surface area contributed by atoms with E-state index in [1.54, 1.807) is 25.3 Å². The van der Waals surface area contributed by atoms with Gasteiger partial charge in [-0.05, 0) is 48.2 Å². The molecule has 5 rings (SSSR count). The molecule has 36 heavy (non-hydrogen) atoms. The second-order valence-electron chi connectivity index (χ2n) is 9.19. The molecule has 0 aliphatic heterocycles. The number of rotatable bonds is 8. The Bertz CT molecular complexity index is 1340. The van der Waals surface area contributed by atoms with E-state index in [0.717, 1.165) is 52.1 Å². The molecule has 0 amide bonds. The van der Waals surface area contributed by atoms with Crippen molar-refractivity contribution in [3.05, 3.63) is 82.8 Å². The molecular weight excluding hydrogens is 454 g/mol. The monoisotopic (exact) mass is 485 g/mol. The molecule has 1 unspecified atom stereocenters. The predicted octanol–water partition coefficient (Wildman–Crippen LogP) is 4.81. The van der Waals surface area contributed by atoms with Crippen molar-refractivity contribution < 1.29 is 15.2 Å². The van der Waals surface area contributed by atoms with Crippen LogP contribution in [0.4, 0.5) is 11.5 Å². The highest BCUT2D eigenvalue weighted by molar-refractivity contribution is 5.97. The van der Waals surface area contributed by atoms with Gasteiger partial charge in [-0.2, -0.15) is 10.3 Å². The van der Waals surface area contributed by atoms with Crippen LogP contribution in [0.15, 0.2) is 60.8 Å². The van der Waals surface area contributed by atoms with Crippen LogP contribution < -0.4 is 15.3 Å². The van der Waals surface area contributed by atoms with Crippen molar-refractivity contribution in [1.29, 1.82) is 0 Å². The lowest BCUT2D eigenvalue weighted by molar-refractivity contribution is -0.991. The number of quaternary nitrogens is 1. The Kier molecular flexibility index (Phi) is 7.27. The van der Waals surface area contributed by atoms with Gasteiger partial charge < -0.3 is 15.3 Å². The van der Waals surface area contributed by atoms with Crippen LogP contribution in [-0.2, 0) is 6.54 Å². The number of anilines is 1. The number of benzene rings is 2. The van der Waals surface area contributed by atoms with Gasteiger partial charge in [0.05, 0.1) is 30.3 Å². The zero-order valence-electron chi connectivity index (χ0n) is 20.4. The Morgan fingerprint density at radius 2 is 1.92 bits per heavy atom. The molecule has 1 aliphatic carbocycles. The number of hydrogen-bond donors (Lipinski definition) is 3. The zero-order chi connectivity index (χ0) is 24.9. The normalized spacial score (nSPS) is 15.4. The van der Waals surface area contributed by atoms with Crippen LogP contribution in [0.5, 0.6) is 5.75 Å². The number of nitrogens with one attached hydrogen (secondary N) is 2. The minimum absolute atomic E-state index is 0.258. The molecular formula is C28H31N5O3. The van der Waals surface area contributed by atoms with Gasteiger partial charge in [0, 0.05) is 24.4 Å². The van der Waals surface area contributed by atoms with Crippen LogP contribution >= 0.6 is 0 Å². The standard InChI is InChI=1S/C28H31N5O3/c1-36-24-13-10-21(11-14-24)19-32-26-16-17-29-28(30-22-7-3-2-4-8-22)27(26)25(31-32)15-12-20-6-5-9-23(18-20)33(34)35/h5-6,9-18,22,33-34H,2-4,7-8,19H2,1H3,(H,29,30)/b15-12+. The van der Waals surface area contributed by atoms with Gasteiger partial charge in [0.25, 0.3) is 0 Å². The second kappa shape index (κ2) is 10.9. The molecule has 1 saturated carbocycles. The van der Waals surface area contributed by atoms with E-state index in [1.165, 1.54) is 19.3 Å².